The van der Waals surface area contributed by atoms with Gasteiger partial charge in [0.1, 0.15) is 17.5 Å². The quantitative estimate of drug-likeness (QED) is 0.181. The summed E-state index contributed by atoms with van der Waals surface area (Å²) in [7, 11) is 0. The molecule has 0 radical (unpaired) electrons. The predicted octanol–water partition coefficient (Wildman–Crippen LogP) is 4.10. The van der Waals surface area contributed by atoms with Gasteiger partial charge in [0.25, 0.3) is 0 Å². The average molecular weight is 636 g/mol. The number of anilines is 1. The molecule has 202 valence electrons. The molecule has 12 nitrogen and oxygen atoms in total. The summed E-state index contributed by atoms with van der Waals surface area (Å²) in [6, 6.07) is 7.90. The minimum atomic E-state index is -0.824. The van der Waals surface area contributed by atoms with Gasteiger partial charge in [-0.3, -0.25) is 4.79 Å². The molecule has 0 fully saturated rings. The number of halogens is 1. The van der Waals surface area contributed by atoms with Crippen molar-refractivity contribution in [3.05, 3.63) is 51.5 Å². The molecule has 0 aliphatic rings. The lowest BCUT2D eigenvalue weighted by molar-refractivity contribution is -0.154. The number of carbonyl (C=O) groups is 3. The van der Waals surface area contributed by atoms with Crippen molar-refractivity contribution in [1.82, 2.24) is 14.6 Å². The molecule has 0 aliphatic heterocycles. The molecule has 0 bridgehead atoms. The molecule has 13 heteroatoms. The van der Waals surface area contributed by atoms with Crippen molar-refractivity contribution in [2.24, 2.45) is 10.7 Å². The van der Waals surface area contributed by atoms with Gasteiger partial charge in [-0.2, -0.15) is 5.10 Å². The molecule has 0 unspecified atom stereocenters. The number of ether oxygens (including phenoxy) is 3. The van der Waals surface area contributed by atoms with Crippen molar-refractivity contribution in [3.8, 4) is 5.75 Å². The van der Waals surface area contributed by atoms with E-state index in [1.165, 1.54) is 16.9 Å². The molecule has 0 saturated carbocycles. The number of nitrogens with two attached hydrogens (primary N) is 1. The van der Waals surface area contributed by atoms with Crippen molar-refractivity contribution < 1.29 is 28.6 Å². The monoisotopic (exact) mass is 636 g/mol. The SMILES string of the molecule is CC(C)(C)OC(=O)Cc1ccc(OC(=O)c2ccc(N/C(N)=N/C(=O)OC(C)(C)C)c(I)c2)c2ncnn12. The average Bonchev–Trinajstić information content (AvgIpc) is 3.24. The second-order valence-corrected chi connectivity index (χ2v) is 11.3. The number of aliphatic imine (C=N–C) groups is 1. The minimum Gasteiger partial charge on any atom is -0.460 e. The van der Waals surface area contributed by atoms with Crippen LogP contribution < -0.4 is 15.8 Å². The molecule has 1 aromatic carbocycles. The largest absolute Gasteiger partial charge is 0.460 e. The maximum atomic E-state index is 12.9. The third-order valence-electron chi connectivity index (χ3n) is 4.49. The van der Waals surface area contributed by atoms with Crippen LogP contribution >= 0.6 is 22.6 Å². The molecule has 2 aromatic heterocycles. The van der Waals surface area contributed by atoms with Crippen LogP contribution in [0.2, 0.25) is 0 Å². The van der Waals surface area contributed by atoms with E-state index >= 15 is 0 Å². The molecule has 38 heavy (non-hydrogen) atoms. The van der Waals surface area contributed by atoms with Gasteiger partial charge in [-0.1, -0.05) is 0 Å². The van der Waals surface area contributed by atoms with Crippen LogP contribution in [-0.4, -0.2) is 49.8 Å². The Morgan fingerprint density at radius 3 is 2.37 bits per heavy atom. The highest BCUT2D eigenvalue weighted by molar-refractivity contribution is 14.1. The first-order chi connectivity index (χ1) is 17.6. The van der Waals surface area contributed by atoms with Gasteiger partial charge in [-0.25, -0.2) is 19.1 Å². The maximum Gasteiger partial charge on any atom is 0.437 e. The van der Waals surface area contributed by atoms with E-state index in [0.717, 1.165) is 0 Å². The zero-order valence-corrected chi connectivity index (χ0v) is 24.0. The highest BCUT2D eigenvalue weighted by atomic mass is 127. The van der Waals surface area contributed by atoms with Gasteiger partial charge in [-0.05, 0) is 94.5 Å². The van der Waals surface area contributed by atoms with Crippen molar-refractivity contribution >= 4 is 57.9 Å². The molecule has 0 aliphatic carbocycles. The van der Waals surface area contributed by atoms with Crippen molar-refractivity contribution in [2.45, 2.75) is 59.2 Å². The van der Waals surface area contributed by atoms with Crippen LogP contribution in [0.25, 0.3) is 5.65 Å². The molecule has 2 heterocycles. The number of nitrogens with zero attached hydrogens (tertiary/aromatic N) is 4. The topological polar surface area (TPSA) is 159 Å². The number of esters is 2. The number of benzene rings is 1. The van der Waals surface area contributed by atoms with Crippen LogP contribution in [0, 0.1) is 3.57 Å². The maximum absolute atomic E-state index is 12.9. The number of fused-ring (bicyclic) bond motifs is 1. The first-order valence-corrected chi connectivity index (χ1v) is 12.6. The number of hydrogen-bond acceptors (Lipinski definition) is 8. The zero-order chi connectivity index (χ0) is 28.3. The van der Waals surface area contributed by atoms with E-state index in [-0.39, 0.29) is 29.3 Å². The van der Waals surface area contributed by atoms with Gasteiger partial charge < -0.3 is 25.3 Å². The third kappa shape index (κ3) is 8.13. The highest BCUT2D eigenvalue weighted by Crippen LogP contribution is 2.24. The molecule has 3 aromatic rings. The number of rotatable bonds is 5. The van der Waals surface area contributed by atoms with Gasteiger partial charge in [0.2, 0.25) is 5.96 Å². The number of pyridine rings is 1. The van der Waals surface area contributed by atoms with Crippen LogP contribution in [0.3, 0.4) is 0 Å². The van der Waals surface area contributed by atoms with Crippen molar-refractivity contribution in [3.63, 3.8) is 0 Å². The summed E-state index contributed by atoms with van der Waals surface area (Å²) in [5.74, 6) is -1.03. The first-order valence-electron chi connectivity index (χ1n) is 11.5. The lowest BCUT2D eigenvalue weighted by Crippen LogP contribution is -2.27. The summed E-state index contributed by atoms with van der Waals surface area (Å²) < 4.78 is 18.1. The Hall–Kier alpha value is -3.75. The number of nitrogens with one attached hydrogen (secondary N) is 1. The van der Waals surface area contributed by atoms with Gasteiger partial charge in [0.15, 0.2) is 11.4 Å². The van der Waals surface area contributed by atoms with Crippen LogP contribution in [0.1, 0.15) is 57.6 Å². The van der Waals surface area contributed by atoms with Crippen LogP contribution in [-0.2, 0) is 20.7 Å². The summed E-state index contributed by atoms with van der Waals surface area (Å²) in [5, 5.41) is 6.95. The van der Waals surface area contributed by atoms with Gasteiger partial charge >= 0.3 is 18.0 Å². The van der Waals surface area contributed by atoms with E-state index in [2.05, 4.69) is 20.4 Å². The number of hydrogen-bond donors (Lipinski definition) is 2. The molecule has 3 N–H and O–H groups in total. The molecular weight excluding hydrogens is 607 g/mol. The number of carbonyl (C=O) groups excluding carboxylic acids is 3. The molecule has 0 atom stereocenters. The fourth-order valence-corrected chi connectivity index (χ4v) is 3.78. The predicted molar refractivity (Wildman–Crippen MR) is 148 cm³/mol. The normalized spacial score (nSPS) is 12.2. The van der Waals surface area contributed by atoms with Crippen LogP contribution in [0.4, 0.5) is 10.5 Å². The Balaban J connectivity index is 1.72. The summed E-state index contributed by atoms with van der Waals surface area (Å²) >= 11 is 2.01. The zero-order valence-electron chi connectivity index (χ0n) is 21.9. The summed E-state index contributed by atoms with van der Waals surface area (Å²) in [4.78, 5) is 44.8. The van der Waals surface area contributed by atoms with Crippen molar-refractivity contribution in [1.29, 1.82) is 0 Å². The van der Waals surface area contributed by atoms with Crippen molar-refractivity contribution in [2.75, 3.05) is 5.32 Å². The standard InChI is InChI=1S/C25H29IN6O6/c1-24(2,3)37-19(33)12-15-8-10-18(20-28-13-29-32(15)20)36-21(34)14-7-9-17(16(26)11-14)30-22(27)31-23(35)38-25(4,5)6/h7-11,13H,12H2,1-6H3,(H3,27,30,31,35). The lowest BCUT2D eigenvalue weighted by atomic mass is 10.2. The minimum absolute atomic E-state index is 0.0294. The Kier molecular flexibility index (Phi) is 8.59. The highest BCUT2D eigenvalue weighted by Gasteiger charge is 2.21. The molecule has 0 spiro atoms. The summed E-state index contributed by atoms with van der Waals surface area (Å²) in [6.07, 6.45) is 0.450. The van der Waals surface area contributed by atoms with E-state index in [1.807, 2.05) is 22.6 Å². The number of aromatic nitrogens is 3. The molecule has 3 rings (SSSR count). The van der Waals surface area contributed by atoms with E-state index in [1.54, 1.807) is 65.8 Å². The van der Waals surface area contributed by atoms with E-state index < -0.39 is 29.2 Å². The van der Waals surface area contributed by atoms with E-state index in [0.29, 0.717) is 15.0 Å². The van der Waals surface area contributed by atoms with Crippen LogP contribution in [0.15, 0.2) is 41.7 Å². The third-order valence-corrected chi connectivity index (χ3v) is 5.38. The summed E-state index contributed by atoms with van der Waals surface area (Å²) in [5.41, 5.74) is 6.08. The lowest BCUT2D eigenvalue weighted by Gasteiger charge is -2.19. The Morgan fingerprint density at radius 2 is 1.74 bits per heavy atom. The molecular formula is C25H29IN6O6. The number of guanidine groups is 1. The number of amides is 1. The fourth-order valence-electron chi connectivity index (χ4n) is 3.13. The Labute approximate surface area is 233 Å². The summed E-state index contributed by atoms with van der Waals surface area (Å²) in [6.45, 7) is 10.5. The Morgan fingerprint density at radius 1 is 1.05 bits per heavy atom. The van der Waals surface area contributed by atoms with Gasteiger partial charge in [-0.15, -0.1) is 4.99 Å². The smallest absolute Gasteiger partial charge is 0.437 e. The van der Waals surface area contributed by atoms with E-state index in [4.69, 9.17) is 19.9 Å². The van der Waals surface area contributed by atoms with E-state index in [9.17, 15) is 14.4 Å². The second-order valence-electron chi connectivity index (χ2n) is 10.1. The second kappa shape index (κ2) is 11.3. The van der Waals surface area contributed by atoms with Gasteiger partial charge in [0.05, 0.1) is 23.4 Å². The first kappa shape index (κ1) is 28.8. The molecule has 1 amide bonds. The molecule has 0 saturated heterocycles. The van der Waals surface area contributed by atoms with Gasteiger partial charge in [0, 0.05) is 3.57 Å². The fraction of sp³-hybridized carbons (Fsp3) is 0.360. The Bertz CT molecular complexity index is 1400. The van der Waals surface area contributed by atoms with Crippen LogP contribution in [0.5, 0.6) is 5.75 Å².